The summed E-state index contributed by atoms with van der Waals surface area (Å²) in [5, 5.41) is 1.15. The van der Waals surface area contributed by atoms with Gasteiger partial charge in [0.05, 0.1) is 23.6 Å². The lowest BCUT2D eigenvalue weighted by Gasteiger charge is -2.27. The molecule has 5 rings (SSSR count). The fourth-order valence-electron chi connectivity index (χ4n) is 5.00. The summed E-state index contributed by atoms with van der Waals surface area (Å²) in [6.07, 6.45) is 0.791. The number of carbonyl (C=O) groups excluding carboxylic acids is 1. The number of aryl methyl sites for hydroxylation is 1. The summed E-state index contributed by atoms with van der Waals surface area (Å²) in [5.74, 6) is 0.928. The lowest BCUT2D eigenvalue weighted by atomic mass is 9.97. The van der Waals surface area contributed by atoms with Crippen LogP contribution in [0, 0.1) is 0 Å². The van der Waals surface area contributed by atoms with E-state index in [0.717, 1.165) is 23.1 Å². The molecule has 1 atom stereocenters. The summed E-state index contributed by atoms with van der Waals surface area (Å²) in [6.45, 7) is 5.76. The molecule has 1 aliphatic rings. The minimum atomic E-state index is -0.613. The predicted octanol–water partition coefficient (Wildman–Crippen LogP) is 6.09. The number of ether oxygens (including phenoxy) is 2. The number of fused-ring (bicyclic) bond motifs is 2. The number of nitrogens with zero attached hydrogens (tertiary/aromatic N) is 2. The Kier molecular flexibility index (Phi) is 8.14. The second-order valence-corrected chi connectivity index (χ2v) is 10.6. The first kappa shape index (κ1) is 27.7. The van der Waals surface area contributed by atoms with Crippen molar-refractivity contribution in [2.45, 2.75) is 32.9 Å². The van der Waals surface area contributed by atoms with Gasteiger partial charge in [-0.15, -0.1) is 0 Å². The summed E-state index contributed by atoms with van der Waals surface area (Å²) in [4.78, 5) is 31.4. The highest BCUT2D eigenvalue weighted by Gasteiger charge is 2.42. The average molecular weight is 561 g/mol. The molecule has 4 aromatic rings. The Morgan fingerprint density at radius 1 is 0.925 bits per heavy atom. The molecule has 0 saturated heterocycles. The van der Waals surface area contributed by atoms with E-state index in [1.165, 1.54) is 0 Å². The van der Waals surface area contributed by atoms with Crippen molar-refractivity contribution in [1.29, 1.82) is 0 Å². The van der Waals surface area contributed by atoms with E-state index in [-0.39, 0.29) is 17.1 Å². The smallest absolute Gasteiger partial charge is 0.290 e. The highest BCUT2D eigenvalue weighted by Crippen LogP contribution is 2.41. The van der Waals surface area contributed by atoms with Gasteiger partial charge in [-0.2, -0.15) is 0 Å². The van der Waals surface area contributed by atoms with Crippen LogP contribution in [0.4, 0.5) is 0 Å². The molecule has 0 radical (unpaired) electrons. The second kappa shape index (κ2) is 11.7. The van der Waals surface area contributed by atoms with Gasteiger partial charge in [0.25, 0.3) is 5.91 Å². The molecule has 7 nitrogen and oxygen atoms in total. The van der Waals surface area contributed by atoms with Gasteiger partial charge in [0.1, 0.15) is 12.2 Å². The maximum absolute atomic E-state index is 13.9. The summed E-state index contributed by atoms with van der Waals surface area (Å²) in [6, 6.07) is 18.0. The van der Waals surface area contributed by atoms with E-state index in [0.29, 0.717) is 59.4 Å². The van der Waals surface area contributed by atoms with Gasteiger partial charge < -0.3 is 23.7 Å². The van der Waals surface area contributed by atoms with Gasteiger partial charge in [-0.25, -0.2) is 0 Å². The van der Waals surface area contributed by atoms with E-state index in [4.69, 9.17) is 25.5 Å². The largest absolute Gasteiger partial charge is 0.490 e. The van der Waals surface area contributed by atoms with Gasteiger partial charge in [-0.05, 0) is 80.5 Å². The SMILES string of the molecule is CCOc1cc(C2c3c(oc4ccc(CC)cc4c3=O)C(=O)N2CCN(C)C)ccc1OCc1ccc(Cl)cc1. The van der Waals surface area contributed by atoms with Crippen LogP contribution in [0.2, 0.25) is 5.02 Å². The summed E-state index contributed by atoms with van der Waals surface area (Å²) >= 11 is 6.01. The van der Waals surface area contributed by atoms with E-state index < -0.39 is 6.04 Å². The standard InChI is InChI=1S/C32H33ClN2O5/c1-5-20-9-13-25-24(17-20)30(36)28-29(35(16-15-34(3)4)32(37)31(28)40-25)22-10-14-26(27(18-22)38-6-2)39-19-21-7-11-23(33)12-8-21/h7-14,17-18,29H,5-6,15-16,19H2,1-4H3. The molecule has 1 amide bonds. The number of hydrogen-bond acceptors (Lipinski definition) is 6. The zero-order chi connectivity index (χ0) is 28.4. The minimum absolute atomic E-state index is 0.103. The maximum Gasteiger partial charge on any atom is 0.290 e. The summed E-state index contributed by atoms with van der Waals surface area (Å²) < 4.78 is 18.2. The van der Waals surface area contributed by atoms with Crippen LogP contribution in [0.1, 0.15) is 52.7 Å². The van der Waals surface area contributed by atoms with Crippen molar-refractivity contribution in [3.8, 4) is 11.5 Å². The third kappa shape index (κ3) is 5.44. The second-order valence-electron chi connectivity index (χ2n) is 10.1. The normalized spacial score (nSPS) is 14.7. The first-order valence-electron chi connectivity index (χ1n) is 13.5. The van der Waals surface area contributed by atoms with Gasteiger partial charge in [0.2, 0.25) is 5.76 Å². The Morgan fingerprint density at radius 3 is 2.38 bits per heavy atom. The van der Waals surface area contributed by atoms with Crippen LogP contribution in [-0.4, -0.2) is 49.5 Å². The van der Waals surface area contributed by atoms with Gasteiger partial charge in [0.15, 0.2) is 16.9 Å². The van der Waals surface area contributed by atoms with Crippen molar-refractivity contribution >= 4 is 28.5 Å². The van der Waals surface area contributed by atoms with Crippen LogP contribution in [0.5, 0.6) is 11.5 Å². The zero-order valence-electron chi connectivity index (χ0n) is 23.2. The molecule has 0 spiro atoms. The highest BCUT2D eigenvalue weighted by molar-refractivity contribution is 6.30. The number of likely N-dealkylation sites (N-methyl/N-ethyl adjacent to an activating group) is 1. The number of hydrogen-bond donors (Lipinski definition) is 0. The monoisotopic (exact) mass is 560 g/mol. The molecule has 40 heavy (non-hydrogen) atoms. The van der Waals surface area contributed by atoms with E-state index >= 15 is 0 Å². The highest BCUT2D eigenvalue weighted by atomic mass is 35.5. The van der Waals surface area contributed by atoms with Gasteiger partial charge in [-0.3, -0.25) is 9.59 Å². The van der Waals surface area contributed by atoms with Crippen molar-refractivity contribution in [2.75, 3.05) is 33.8 Å². The Morgan fingerprint density at radius 2 is 1.68 bits per heavy atom. The van der Waals surface area contributed by atoms with Crippen molar-refractivity contribution in [3.05, 3.63) is 104 Å². The molecule has 3 aromatic carbocycles. The molecule has 0 fully saturated rings. The van der Waals surface area contributed by atoms with E-state index in [9.17, 15) is 9.59 Å². The maximum atomic E-state index is 13.9. The van der Waals surface area contributed by atoms with Crippen LogP contribution < -0.4 is 14.9 Å². The van der Waals surface area contributed by atoms with Crippen molar-refractivity contribution < 1.29 is 18.7 Å². The van der Waals surface area contributed by atoms with Crippen molar-refractivity contribution in [1.82, 2.24) is 9.80 Å². The number of benzene rings is 3. The molecule has 8 heteroatoms. The predicted molar refractivity (Wildman–Crippen MR) is 157 cm³/mol. The molecule has 2 heterocycles. The molecule has 1 aromatic heterocycles. The first-order valence-corrected chi connectivity index (χ1v) is 13.9. The number of carbonyl (C=O) groups is 1. The third-order valence-corrected chi connectivity index (χ3v) is 7.37. The first-order chi connectivity index (χ1) is 19.3. The Hall–Kier alpha value is -3.81. The Balaban J connectivity index is 1.58. The number of rotatable bonds is 10. The molecular formula is C32H33ClN2O5. The van der Waals surface area contributed by atoms with Crippen molar-refractivity contribution in [3.63, 3.8) is 0 Å². The van der Waals surface area contributed by atoms with Crippen LogP contribution in [0.3, 0.4) is 0 Å². The third-order valence-electron chi connectivity index (χ3n) is 7.12. The fourth-order valence-corrected chi connectivity index (χ4v) is 5.12. The fraction of sp³-hybridized carbons (Fsp3) is 0.312. The van der Waals surface area contributed by atoms with E-state index in [2.05, 4.69) is 0 Å². The molecule has 0 aliphatic carbocycles. The Bertz CT molecular complexity index is 1600. The molecule has 208 valence electrons. The van der Waals surface area contributed by atoms with Crippen LogP contribution in [-0.2, 0) is 13.0 Å². The van der Waals surface area contributed by atoms with Crippen molar-refractivity contribution in [2.24, 2.45) is 0 Å². The van der Waals surface area contributed by atoms with Crippen LogP contribution in [0.25, 0.3) is 11.0 Å². The van der Waals surface area contributed by atoms with Gasteiger partial charge in [-0.1, -0.05) is 42.8 Å². The van der Waals surface area contributed by atoms with Crippen LogP contribution >= 0.6 is 11.6 Å². The van der Waals surface area contributed by atoms with Gasteiger partial charge >= 0.3 is 0 Å². The lowest BCUT2D eigenvalue weighted by molar-refractivity contribution is 0.0716. The quantitative estimate of drug-likeness (QED) is 0.234. The van der Waals surface area contributed by atoms with Gasteiger partial charge in [0, 0.05) is 18.1 Å². The van der Waals surface area contributed by atoms with Crippen LogP contribution in [0.15, 0.2) is 69.9 Å². The lowest BCUT2D eigenvalue weighted by Crippen LogP contribution is -2.35. The molecule has 1 aliphatic heterocycles. The number of amides is 1. The van der Waals surface area contributed by atoms with E-state index in [1.807, 2.05) is 87.4 Å². The molecule has 0 saturated carbocycles. The average Bonchev–Trinajstić information content (AvgIpc) is 3.23. The molecule has 0 N–H and O–H groups in total. The topological polar surface area (TPSA) is 72.2 Å². The summed E-state index contributed by atoms with van der Waals surface area (Å²) in [7, 11) is 3.90. The molecule has 0 bridgehead atoms. The minimum Gasteiger partial charge on any atom is -0.490 e. The summed E-state index contributed by atoms with van der Waals surface area (Å²) in [5.41, 5.74) is 3.36. The van der Waals surface area contributed by atoms with E-state index in [1.54, 1.807) is 11.0 Å². The number of halogens is 1. The molecular weight excluding hydrogens is 528 g/mol. The molecule has 1 unspecified atom stereocenters. The zero-order valence-corrected chi connectivity index (χ0v) is 24.0. The Labute approximate surface area is 238 Å².